The van der Waals surface area contributed by atoms with Crippen LogP contribution in [-0.4, -0.2) is 46.3 Å². The molecule has 2 aromatic rings. The number of rotatable bonds is 3. The molecule has 0 bridgehead atoms. The zero-order valence-corrected chi connectivity index (χ0v) is 17.4. The maximum absolute atomic E-state index is 12.7. The van der Waals surface area contributed by atoms with E-state index in [2.05, 4.69) is 17.3 Å². The summed E-state index contributed by atoms with van der Waals surface area (Å²) < 4.78 is 1.82. The molecule has 5 nitrogen and oxygen atoms in total. The molecule has 3 rings (SSSR count). The lowest BCUT2D eigenvalue weighted by Gasteiger charge is -2.34. The zero-order valence-electron chi connectivity index (χ0n) is 15.1. The van der Waals surface area contributed by atoms with E-state index in [0.29, 0.717) is 16.5 Å². The smallest absolute Gasteiger partial charge is 0.227 e. The van der Waals surface area contributed by atoms with Gasteiger partial charge in [0.25, 0.3) is 0 Å². The third-order valence-electron chi connectivity index (χ3n) is 4.74. The SMILES string of the molecule is Cc1nn(-c2ccc(Cl)c(Cl)c2)c(C)c1CC(=O)N1CCNC[C@H]1C.Cl. The summed E-state index contributed by atoms with van der Waals surface area (Å²) >= 11 is 12.1. The van der Waals surface area contributed by atoms with Crippen molar-refractivity contribution in [1.82, 2.24) is 20.0 Å². The van der Waals surface area contributed by atoms with E-state index in [1.54, 1.807) is 12.1 Å². The molecule has 0 aliphatic carbocycles. The van der Waals surface area contributed by atoms with Crippen LogP contribution in [0.3, 0.4) is 0 Å². The Hall–Kier alpha value is -1.27. The molecule has 0 saturated carbocycles. The van der Waals surface area contributed by atoms with Gasteiger partial charge < -0.3 is 10.2 Å². The van der Waals surface area contributed by atoms with Gasteiger partial charge in [-0.1, -0.05) is 23.2 Å². The maximum atomic E-state index is 12.7. The van der Waals surface area contributed by atoms with Crippen LogP contribution in [0.5, 0.6) is 0 Å². The minimum atomic E-state index is 0. The van der Waals surface area contributed by atoms with Gasteiger partial charge in [-0.25, -0.2) is 4.68 Å². The number of hydrogen-bond donors (Lipinski definition) is 1. The molecule has 1 amide bonds. The van der Waals surface area contributed by atoms with E-state index in [1.165, 1.54) is 0 Å². The number of aromatic nitrogens is 2. The number of nitrogens with zero attached hydrogens (tertiary/aromatic N) is 3. The molecule has 1 N–H and O–H groups in total. The van der Waals surface area contributed by atoms with Crippen LogP contribution >= 0.6 is 35.6 Å². The van der Waals surface area contributed by atoms with E-state index in [0.717, 1.165) is 42.3 Å². The molecule has 0 spiro atoms. The summed E-state index contributed by atoms with van der Waals surface area (Å²) in [5.41, 5.74) is 3.62. The second-order valence-corrected chi connectivity index (χ2v) is 7.29. The topological polar surface area (TPSA) is 50.2 Å². The van der Waals surface area contributed by atoms with Gasteiger partial charge in [0.1, 0.15) is 0 Å². The number of aryl methyl sites for hydroxylation is 1. The monoisotopic (exact) mass is 416 g/mol. The van der Waals surface area contributed by atoms with Gasteiger partial charge in [0.05, 0.1) is 27.8 Å². The van der Waals surface area contributed by atoms with Crippen LogP contribution in [0.4, 0.5) is 0 Å². The Kier molecular flexibility index (Phi) is 6.97. The van der Waals surface area contributed by atoms with Gasteiger partial charge in [-0.15, -0.1) is 12.4 Å². The highest BCUT2D eigenvalue weighted by atomic mass is 35.5. The van der Waals surface area contributed by atoms with Crippen molar-refractivity contribution in [3.63, 3.8) is 0 Å². The van der Waals surface area contributed by atoms with E-state index in [-0.39, 0.29) is 24.4 Å². The first-order valence-electron chi connectivity index (χ1n) is 8.39. The average molecular weight is 418 g/mol. The molecule has 0 unspecified atom stereocenters. The van der Waals surface area contributed by atoms with Gasteiger partial charge in [-0.3, -0.25) is 4.79 Å². The number of carbonyl (C=O) groups excluding carboxylic acids is 1. The molecule has 1 fully saturated rings. The molecular formula is C18H23Cl3N4O. The van der Waals surface area contributed by atoms with Crippen molar-refractivity contribution >= 4 is 41.5 Å². The van der Waals surface area contributed by atoms with Crippen LogP contribution in [0.1, 0.15) is 23.9 Å². The zero-order chi connectivity index (χ0) is 18.1. The normalized spacial score (nSPS) is 17.1. The Balaban J connectivity index is 0.00000243. The lowest BCUT2D eigenvalue weighted by molar-refractivity contribution is -0.133. The van der Waals surface area contributed by atoms with Crippen molar-refractivity contribution in [1.29, 1.82) is 0 Å². The molecule has 8 heteroatoms. The molecule has 1 aromatic heterocycles. The standard InChI is InChI=1S/C18H22Cl2N4O.ClH/c1-11-10-21-6-7-23(11)18(25)9-15-12(2)22-24(13(15)3)14-4-5-16(19)17(20)8-14;/h4-5,8,11,21H,6-7,9-10H2,1-3H3;1H/t11-;/m1./s1. The van der Waals surface area contributed by atoms with E-state index in [4.69, 9.17) is 23.2 Å². The van der Waals surface area contributed by atoms with Crippen molar-refractivity contribution in [2.24, 2.45) is 0 Å². The van der Waals surface area contributed by atoms with Crippen molar-refractivity contribution in [2.75, 3.05) is 19.6 Å². The number of piperazine rings is 1. The van der Waals surface area contributed by atoms with Crippen LogP contribution in [0.15, 0.2) is 18.2 Å². The first kappa shape index (κ1) is 21.0. The Morgan fingerprint density at radius 1 is 1.31 bits per heavy atom. The number of benzene rings is 1. The number of halogens is 3. The van der Waals surface area contributed by atoms with Gasteiger partial charge in [0.2, 0.25) is 5.91 Å². The van der Waals surface area contributed by atoms with Crippen molar-refractivity contribution in [3.8, 4) is 5.69 Å². The number of amides is 1. The number of nitrogens with one attached hydrogen (secondary N) is 1. The van der Waals surface area contributed by atoms with E-state index >= 15 is 0 Å². The molecule has 0 radical (unpaired) electrons. The highest BCUT2D eigenvalue weighted by Gasteiger charge is 2.25. The van der Waals surface area contributed by atoms with Crippen molar-refractivity contribution < 1.29 is 4.79 Å². The summed E-state index contributed by atoms with van der Waals surface area (Å²) in [5, 5.41) is 8.90. The first-order valence-corrected chi connectivity index (χ1v) is 9.14. The lowest BCUT2D eigenvalue weighted by Crippen LogP contribution is -2.52. The molecule has 2 heterocycles. The maximum Gasteiger partial charge on any atom is 0.227 e. The lowest BCUT2D eigenvalue weighted by atomic mass is 10.1. The summed E-state index contributed by atoms with van der Waals surface area (Å²) in [6.07, 6.45) is 0.364. The van der Waals surface area contributed by atoms with Crippen LogP contribution < -0.4 is 5.32 Å². The van der Waals surface area contributed by atoms with Gasteiger partial charge >= 0.3 is 0 Å². The predicted molar refractivity (Wildman–Crippen MR) is 108 cm³/mol. The third-order valence-corrected chi connectivity index (χ3v) is 5.48. The summed E-state index contributed by atoms with van der Waals surface area (Å²) in [7, 11) is 0. The van der Waals surface area contributed by atoms with Gasteiger partial charge in [0.15, 0.2) is 0 Å². The molecule has 1 atom stereocenters. The van der Waals surface area contributed by atoms with E-state index < -0.39 is 0 Å². The van der Waals surface area contributed by atoms with Gasteiger partial charge in [-0.05, 0) is 39.0 Å². The fourth-order valence-electron chi connectivity index (χ4n) is 3.26. The highest BCUT2D eigenvalue weighted by Crippen LogP contribution is 2.26. The fourth-order valence-corrected chi connectivity index (χ4v) is 3.56. The molecule has 1 aliphatic rings. The van der Waals surface area contributed by atoms with Gasteiger partial charge in [-0.2, -0.15) is 5.10 Å². The van der Waals surface area contributed by atoms with Crippen molar-refractivity contribution in [2.45, 2.75) is 33.2 Å². The molecule has 1 aliphatic heterocycles. The molecule has 26 heavy (non-hydrogen) atoms. The van der Waals surface area contributed by atoms with E-state index in [9.17, 15) is 4.79 Å². The first-order chi connectivity index (χ1) is 11.9. The molecule has 1 saturated heterocycles. The fraction of sp³-hybridized carbons (Fsp3) is 0.444. The van der Waals surface area contributed by atoms with Crippen LogP contribution in [-0.2, 0) is 11.2 Å². The summed E-state index contributed by atoms with van der Waals surface area (Å²) in [6.45, 7) is 8.42. The Morgan fingerprint density at radius 3 is 2.69 bits per heavy atom. The highest BCUT2D eigenvalue weighted by molar-refractivity contribution is 6.42. The average Bonchev–Trinajstić information content (AvgIpc) is 2.86. The number of hydrogen-bond acceptors (Lipinski definition) is 3. The van der Waals surface area contributed by atoms with Gasteiger partial charge in [0, 0.05) is 36.9 Å². The second-order valence-electron chi connectivity index (χ2n) is 6.48. The van der Waals surface area contributed by atoms with Crippen LogP contribution in [0.25, 0.3) is 5.69 Å². The Bertz CT molecular complexity index is 806. The molecular weight excluding hydrogens is 395 g/mol. The third kappa shape index (κ3) is 4.17. The second kappa shape index (κ2) is 8.61. The molecule has 1 aromatic carbocycles. The summed E-state index contributed by atoms with van der Waals surface area (Å²) in [5.74, 6) is 0.147. The summed E-state index contributed by atoms with van der Waals surface area (Å²) in [6, 6.07) is 5.63. The van der Waals surface area contributed by atoms with Crippen molar-refractivity contribution in [3.05, 3.63) is 45.2 Å². The van der Waals surface area contributed by atoms with Crippen LogP contribution in [0.2, 0.25) is 10.0 Å². The van der Waals surface area contributed by atoms with Crippen LogP contribution in [0, 0.1) is 13.8 Å². The largest absolute Gasteiger partial charge is 0.337 e. The summed E-state index contributed by atoms with van der Waals surface area (Å²) in [4.78, 5) is 14.7. The minimum absolute atomic E-state index is 0. The quantitative estimate of drug-likeness (QED) is 0.830. The predicted octanol–water partition coefficient (Wildman–Crippen LogP) is 3.58. The Morgan fingerprint density at radius 2 is 2.04 bits per heavy atom. The molecule has 142 valence electrons. The minimum Gasteiger partial charge on any atom is -0.337 e. The van der Waals surface area contributed by atoms with E-state index in [1.807, 2.05) is 29.5 Å². The number of carbonyl (C=O) groups is 1. The Labute approximate surface area is 170 Å².